The van der Waals surface area contributed by atoms with Crippen LogP contribution in [0.4, 0.5) is 5.69 Å². The van der Waals surface area contributed by atoms with Crippen molar-refractivity contribution in [2.24, 2.45) is 0 Å². The smallest absolute Gasteiger partial charge is 0.264 e. The summed E-state index contributed by atoms with van der Waals surface area (Å²) in [6.07, 6.45) is 6.85. The molecule has 0 atom stereocenters. The highest BCUT2D eigenvalue weighted by molar-refractivity contribution is 14.1. The third-order valence-corrected chi connectivity index (χ3v) is 6.89. The molecule has 0 fully saturated rings. The number of para-hydroxylation sites is 1. The quantitative estimate of drug-likeness (QED) is 0.230. The van der Waals surface area contributed by atoms with E-state index in [9.17, 15) is 8.42 Å². The highest BCUT2D eigenvalue weighted by atomic mass is 127. The first-order valence-electron chi connectivity index (χ1n) is 9.07. The first-order valence-corrected chi connectivity index (χ1v) is 11.6. The van der Waals surface area contributed by atoms with E-state index in [0.29, 0.717) is 11.4 Å². The van der Waals surface area contributed by atoms with Gasteiger partial charge in [0, 0.05) is 3.57 Å². The molecular formula is C22H26INO3S. The Bertz CT molecular complexity index is 921. The largest absolute Gasteiger partial charge is 0.497 e. The number of benzene rings is 2. The number of unbranched alkanes of at least 4 members (excludes halogenated alkanes) is 1. The Labute approximate surface area is 182 Å². The summed E-state index contributed by atoms with van der Waals surface area (Å²) in [5.74, 6) is 0.622. The molecule has 0 bridgehead atoms. The Kier molecular flexibility index (Phi) is 8.57. The predicted octanol–water partition coefficient (Wildman–Crippen LogP) is 5.80. The summed E-state index contributed by atoms with van der Waals surface area (Å²) in [6.45, 7) is 6.20. The van der Waals surface area contributed by atoms with Gasteiger partial charge in [0.2, 0.25) is 0 Å². The second-order valence-corrected chi connectivity index (χ2v) is 9.51. The molecule has 2 rings (SSSR count). The third-order valence-electron chi connectivity index (χ3n) is 4.18. The van der Waals surface area contributed by atoms with Gasteiger partial charge in [0.05, 0.1) is 24.2 Å². The maximum absolute atomic E-state index is 13.3. The van der Waals surface area contributed by atoms with Crippen molar-refractivity contribution in [2.75, 3.05) is 18.0 Å². The van der Waals surface area contributed by atoms with Crippen molar-refractivity contribution in [3.63, 3.8) is 0 Å². The Morgan fingerprint density at radius 3 is 2.43 bits per heavy atom. The van der Waals surface area contributed by atoms with Crippen LogP contribution in [0, 0.1) is 3.57 Å². The molecule has 6 heteroatoms. The Morgan fingerprint density at radius 1 is 1.14 bits per heavy atom. The molecular weight excluding hydrogens is 485 g/mol. The lowest BCUT2D eigenvalue weighted by atomic mass is 10.1. The fraction of sp³-hybridized carbons (Fsp3) is 0.273. The second kappa shape index (κ2) is 10.7. The first kappa shape index (κ1) is 22.5. The van der Waals surface area contributed by atoms with E-state index in [4.69, 9.17) is 4.74 Å². The van der Waals surface area contributed by atoms with E-state index in [-0.39, 0.29) is 11.4 Å². The molecule has 0 heterocycles. The van der Waals surface area contributed by atoms with Crippen LogP contribution in [-0.4, -0.2) is 22.1 Å². The maximum Gasteiger partial charge on any atom is 0.264 e. The fourth-order valence-electron chi connectivity index (χ4n) is 2.66. The van der Waals surface area contributed by atoms with Crippen molar-refractivity contribution >= 4 is 38.3 Å². The molecule has 0 saturated carbocycles. The molecule has 0 saturated heterocycles. The number of rotatable bonds is 10. The van der Waals surface area contributed by atoms with Crippen molar-refractivity contribution in [1.82, 2.24) is 0 Å². The van der Waals surface area contributed by atoms with Crippen molar-refractivity contribution in [1.29, 1.82) is 0 Å². The van der Waals surface area contributed by atoms with Gasteiger partial charge in [-0.1, -0.05) is 29.9 Å². The van der Waals surface area contributed by atoms with Crippen molar-refractivity contribution in [3.8, 4) is 5.75 Å². The van der Waals surface area contributed by atoms with E-state index in [1.165, 1.54) is 4.31 Å². The number of hydrogen-bond donors (Lipinski definition) is 0. The summed E-state index contributed by atoms with van der Waals surface area (Å²) in [5, 5.41) is 0. The first-order chi connectivity index (χ1) is 13.4. The van der Waals surface area contributed by atoms with E-state index in [1.807, 2.05) is 43.3 Å². The van der Waals surface area contributed by atoms with Crippen molar-refractivity contribution in [2.45, 2.75) is 31.1 Å². The molecule has 0 aliphatic heterocycles. The van der Waals surface area contributed by atoms with Crippen molar-refractivity contribution in [3.05, 3.63) is 76.4 Å². The monoisotopic (exact) mass is 511 g/mol. The minimum atomic E-state index is -3.70. The van der Waals surface area contributed by atoms with Gasteiger partial charge in [-0.3, -0.25) is 4.31 Å². The van der Waals surface area contributed by atoms with E-state index >= 15 is 0 Å². The van der Waals surface area contributed by atoms with E-state index < -0.39 is 10.0 Å². The zero-order valence-corrected chi connectivity index (χ0v) is 19.2. The molecule has 2 aromatic rings. The van der Waals surface area contributed by atoms with E-state index in [2.05, 4.69) is 29.2 Å². The summed E-state index contributed by atoms with van der Waals surface area (Å²) in [7, 11) is -2.14. The lowest BCUT2D eigenvalue weighted by Crippen LogP contribution is -2.31. The van der Waals surface area contributed by atoms with Crippen LogP contribution in [0.3, 0.4) is 0 Å². The number of anilines is 1. The number of halogens is 1. The van der Waals surface area contributed by atoms with Crippen LogP contribution in [0.15, 0.2) is 77.7 Å². The fourth-order valence-corrected chi connectivity index (χ4v) is 4.94. The Morgan fingerprint density at radius 2 is 1.82 bits per heavy atom. The van der Waals surface area contributed by atoms with Gasteiger partial charge >= 0.3 is 0 Å². The zero-order valence-electron chi connectivity index (χ0n) is 16.3. The maximum atomic E-state index is 13.3. The average molecular weight is 511 g/mol. The predicted molar refractivity (Wildman–Crippen MR) is 124 cm³/mol. The highest BCUT2D eigenvalue weighted by Crippen LogP contribution is 2.29. The van der Waals surface area contributed by atoms with Crippen LogP contribution in [0.2, 0.25) is 0 Å². The van der Waals surface area contributed by atoms with Gasteiger partial charge in [0.25, 0.3) is 10.0 Å². The van der Waals surface area contributed by atoms with Gasteiger partial charge in [-0.05, 0) is 85.2 Å². The van der Waals surface area contributed by atoms with Crippen LogP contribution in [-0.2, 0) is 10.0 Å². The zero-order chi connectivity index (χ0) is 20.6. The SMILES string of the molecule is C=C(C)CCC/C=C/CN(c1ccccc1I)S(=O)(=O)c1ccc(OC)cc1. The lowest BCUT2D eigenvalue weighted by Gasteiger charge is -2.24. The highest BCUT2D eigenvalue weighted by Gasteiger charge is 2.25. The number of hydrogen-bond acceptors (Lipinski definition) is 3. The van der Waals surface area contributed by atoms with Gasteiger partial charge in [0.15, 0.2) is 0 Å². The van der Waals surface area contributed by atoms with Crippen LogP contribution in [0.25, 0.3) is 0 Å². The van der Waals surface area contributed by atoms with Gasteiger partial charge < -0.3 is 4.74 Å². The minimum Gasteiger partial charge on any atom is -0.497 e. The number of allylic oxidation sites excluding steroid dienone is 2. The Balaban J connectivity index is 2.28. The minimum absolute atomic E-state index is 0.239. The average Bonchev–Trinajstić information content (AvgIpc) is 2.68. The topological polar surface area (TPSA) is 46.6 Å². The van der Waals surface area contributed by atoms with Crippen LogP contribution in [0.1, 0.15) is 26.2 Å². The lowest BCUT2D eigenvalue weighted by molar-refractivity contribution is 0.414. The number of ether oxygens (including phenoxy) is 1. The van der Waals surface area contributed by atoms with Gasteiger partial charge in [-0.2, -0.15) is 0 Å². The summed E-state index contributed by atoms with van der Waals surface area (Å²) >= 11 is 2.17. The van der Waals surface area contributed by atoms with E-state index in [1.54, 1.807) is 31.4 Å². The van der Waals surface area contributed by atoms with Gasteiger partial charge in [0.1, 0.15) is 5.75 Å². The molecule has 2 aromatic carbocycles. The van der Waals surface area contributed by atoms with Gasteiger partial charge in [-0.25, -0.2) is 8.42 Å². The molecule has 0 radical (unpaired) electrons. The van der Waals surface area contributed by atoms with Crippen LogP contribution >= 0.6 is 22.6 Å². The van der Waals surface area contributed by atoms with Gasteiger partial charge in [-0.15, -0.1) is 6.58 Å². The van der Waals surface area contributed by atoms with Crippen LogP contribution in [0.5, 0.6) is 5.75 Å². The molecule has 0 amide bonds. The number of sulfonamides is 1. The third kappa shape index (κ3) is 6.10. The normalized spacial score (nSPS) is 11.5. The number of methoxy groups -OCH3 is 1. The molecule has 0 aliphatic rings. The molecule has 0 N–H and O–H groups in total. The molecule has 0 spiro atoms. The molecule has 4 nitrogen and oxygen atoms in total. The molecule has 0 aliphatic carbocycles. The van der Waals surface area contributed by atoms with Crippen molar-refractivity contribution < 1.29 is 13.2 Å². The number of nitrogens with zero attached hydrogens (tertiary/aromatic N) is 1. The molecule has 28 heavy (non-hydrogen) atoms. The second-order valence-electron chi connectivity index (χ2n) is 6.48. The summed E-state index contributed by atoms with van der Waals surface area (Å²) in [6, 6.07) is 14.0. The molecule has 0 aromatic heterocycles. The molecule has 0 unspecified atom stereocenters. The summed E-state index contributed by atoms with van der Waals surface area (Å²) < 4.78 is 34.1. The standard InChI is InChI=1S/C22H26INO3S/c1-18(2)10-6-4-5-9-17-24(22-12-8-7-11-21(22)23)28(25,26)20-15-13-19(27-3)14-16-20/h5,7-9,11-16H,1,4,6,10,17H2,2-3H3/b9-5+. The van der Waals surface area contributed by atoms with E-state index in [0.717, 1.165) is 28.4 Å². The molecule has 150 valence electrons. The van der Waals surface area contributed by atoms with Crippen LogP contribution < -0.4 is 9.04 Å². The summed E-state index contributed by atoms with van der Waals surface area (Å²) in [4.78, 5) is 0.239. The summed E-state index contributed by atoms with van der Waals surface area (Å²) in [5.41, 5.74) is 1.83. The Hall–Kier alpha value is -1.80.